The molecule has 1 atom stereocenters. The van der Waals surface area contributed by atoms with Crippen molar-refractivity contribution in [3.05, 3.63) is 64.1 Å². The first-order chi connectivity index (χ1) is 10.1. The second-order valence-electron chi connectivity index (χ2n) is 4.89. The molecule has 0 unspecified atom stereocenters. The van der Waals surface area contributed by atoms with Gasteiger partial charge < -0.3 is 10.1 Å². The highest BCUT2D eigenvalue weighted by Crippen LogP contribution is 2.17. The van der Waals surface area contributed by atoms with Crippen LogP contribution >= 0.6 is 15.9 Å². The van der Waals surface area contributed by atoms with E-state index in [-0.39, 0.29) is 18.6 Å². The summed E-state index contributed by atoms with van der Waals surface area (Å²) in [5.41, 5.74) is 2.08. The highest BCUT2D eigenvalue weighted by molar-refractivity contribution is 9.10. The first-order valence-corrected chi connectivity index (χ1v) is 7.59. The Balaban J connectivity index is 1.87. The van der Waals surface area contributed by atoms with E-state index >= 15 is 0 Å². The fourth-order valence-electron chi connectivity index (χ4n) is 1.98. The second kappa shape index (κ2) is 7.27. The average molecular weight is 348 g/mol. The summed E-state index contributed by atoms with van der Waals surface area (Å²) in [6.45, 7) is 3.93. The molecule has 0 fully saturated rings. The smallest absolute Gasteiger partial charge is 0.258 e. The molecule has 0 saturated carbocycles. The maximum absolute atomic E-state index is 11.9. The van der Waals surface area contributed by atoms with Gasteiger partial charge >= 0.3 is 0 Å². The van der Waals surface area contributed by atoms with Gasteiger partial charge in [0.05, 0.1) is 6.04 Å². The molecule has 1 amide bonds. The molecule has 0 heterocycles. The molecule has 0 spiro atoms. The van der Waals surface area contributed by atoms with E-state index in [0.717, 1.165) is 21.3 Å². The summed E-state index contributed by atoms with van der Waals surface area (Å²) in [5.74, 6) is 0.609. The number of ether oxygens (including phenoxy) is 1. The predicted molar refractivity (Wildman–Crippen MR) is 87.4 cm³/mol. The largest absolute Gasteiger partial charge is 0.484 e. The Kier molecular flexibility index (Phi) is 5.39. The van der Waals surface area contributed by atoms with Gasteiger partial charge in [-0.15, -0.1) is 0 Å². The van der Waals surface area contributed by atoms with Crippen molar-refractivity contribution >= 4 is 21.8 Å². The Morgan fingerprint density at radius 3 is 2.52 bits per heavy atom. The Bertz CT molecular complexity index is 610. The summed E-state index contributed by atoms with van der Waals surface area (Å²) < 4.78 is 6.56. The van der Waals surface area contributed by atoms with Crippen molar-refractivity contribution in [1.82, 2.24) is 5.32 Å². The number of halogens is 1. The van der Waals surface area contributed by atoms with Crippen molar-refractivity contribution in [2.45, 2.75) is 19.9 Å². The number of rotatable bonds is 5. The first kappa shape index (κ1) is 15.6. The number of carbonyl (C=O) groups excluding carboxylic acids is 1. The number of nitrogens with one attached hydrogen (secondary N) is 1. The van der Waals surface area contributed by atoms with Gasteiger partial charge in [-0.25, -0.2) is 0 Å². The molecule has 21 heavy (non-hydrogen) atoms. The lowest BCUT2D eigenvalue weighted by atomic mass is 10.1. The van der Waals surface area contributed by atoms with Crippen LogP contribution < -0.4 is 10.1 Å². The van der Waals surface area contributed by atoms with Crippen molar-refractivity contribution in [2.75, 3.05) is 6.61 Å². The Hall–Kier alpha value is -1.81. The standard InChI is InChI=1S/C17H18BrNO2/c1-12-5-3-4-6-16(12)21-11-17(20)19-13(2)14-7-9-15(18)10-8-14/h3-10,13H,11H2,1-2H3,(H,19,20)/t13-/m1/s1. The molecule has 0 bridgehead atoms. The van der Waals surface area contributed by atoms with Gasteiger partial charge in [0.2, 0.25) is 0 Å². The number of benzene rings is 2. The summed E-state index contributed by atoms with van der Waals surface area (Å²) >= 11 is 3.40. The van der Waals surface area contributed by atoms with Gasteiger partial charge in [-0.2, -0.15) is 0 Å². The molecule has 2 aromatic carbocycles. The number of aryl methyl sites for hydroxylation is 1. The van der Waals surface area contributed by atoms with Crippen molar-refractivity contribution < 1.29 is 9.53 Å². The topological polar surface area (TPSA) is 38.3 Å². The fourth-order valence-corrected chi connectivity index (χ4v) is 2.24. The van der Waals surface area contributed by atoms with Crippen LogP contribution in [0.2, 0.25) is 0 Å². The molecule has 0 aliphatic rings. The van der Waals surface area contributed by atoms with E-state index in [0.29, 0.717) is 0 Å². The van der Waals surface area contributed by atoms with Gasteiger partial charge in [0.1, 0.15) is 5.75 Å². The fraction of sp³-hybridized carbons (Fsp3) is 0.235. The first-order valence-electron chi connectivity index (χ1n) is 6.79. The lowest BCUT2D eigenvalue weighted by Crippen LogP contribution is -2.31. The molecule has 0 saturated heterocycles. The maximum Gasteiger partial charge on any atom is 0.258 e. The number of carbonyl (C=O) groups is 1. The van der Waals surface area contributed by atoms with E-state index in [9.17, 15) is 4.79 Å². The van der Waals surface area contributed by atoms with Gasteiger partial charge in [0.15, 0.2) is 6.61 Å². The quantitative estimate of drug-likeness (QED) is 0.887. The third-order valence-electron chi connectivity index (χ3n) is 3.20. The van der Waals surface area contributed by atoms with Crippen LogP contribution in [0.25, 0.3) is 0 Å². The molecule has 0 radical (unpaired) electrons. The third-order valence-corrected chi connectivity index (χ3v) is 3.73. The van der Waals surface area contributed by atoms with Crippen LogP contribution in [-0.2, 0) is 4.79 Å². The minimum absolute atomic E-state index is 0.0196. The number of hydrogen-bond acceptors (Lipinski definition) is 2. The lowest BCUT2D eigenvalue weighted by molar-refractivity contribution is -0.123. The average Bonchev–Trinajstić information content (AvgIpc) is 2.47. The van der Waals surface area contributed by atoms with Crippen LogP contribution in [0.15, 0.2) is 53.0 Å². The van der Waals surface area contributed by atoms with Crippen LogP contribution in [0.1, 0.15) is 24.1 Å². The van der Waals surface area contributed by atoms with Crippen molar-refractivity contribution in [1.29, 1.82) is 0 Å². The lowest BCUT2D eigenvalue weighted by Gasteiger charge is -2.15. The van der Waals surface area contributed by atoms with Crippen molar-refractivity contribution in [2.24, 2.45) is 0 Å². The van der Waals surface area contributed by atoms with Gasteiger partial charge in [-0.1, -0.05) is 46.3 Å². The molecule has 3 nitrogen and oxygen atoms in total. The predicted octanol–water partition coefficient (Wildman–Crippen LogP) is 4.01. The molecule has 0 aliphatic heterocycles. The zero-order valence-electron chi connectivity index (χ0n) is 12.1. The Morgan fingerprint density at radius 1 is 1.19 bits per heavy atom. The van der Waals surface area contributed by atoms with Gasteiger partial charge in [0.25, 0.3) is 5.91 Å². The molecular weight excluding hydrogens is 330 g/mol. The summed E-state index contributed by atoms with van der Waals surface area (Å²) in [6.07, 6.45) is 0. The number of hydrogen-bond donors (Lipinski definition) is 1. The molecule has 0 aliphatic carbocycles. The normalized spacial score (nSPS) is 11.8. The van der Waals surface area contributed by atoms with E-state index in [4.69, 9.17) is 4.74 Å². The Morgan fingerprint density at radius 2 is 1.86 bits per heavy atom. The third kappa shape index (κ3) is 4.60. The van der Waals surface area contributed by atoms with Crippen LogP contribution in [0.3, 0.4) is 0 Å². The minimum atomic E-state index is -0.131. The summed E-state index contributed by atoms with van der Waals surface area (Å²) in [6, 6.07) is 15.5. The van der Waals surface area contributed by atoms with E-state index in [1.165, 1.54) is 0 Å². The van der Waals surface area contributed by atoms with Crippen LogP contribution in [0.5, 0.6) is 5.75 Å². The summed E-state index contributed by atoms with van der Waals surface area (Å²) in [7, 11) is 0. The molecule has 2 aromatic rings. The maximum atomic E-state index is 11.9. The van der Waals surface area contributed by atoms with E-state index in [1.807, 2.05) is 62.4 Å². The highest BCUT2D eigenvalue weighted by Gasteiger charge is 2.10. The van der Waals surface area contributed by atoms with Gasteiger partial charge in [-0.05, 0) is 43.2 Å². The van der Waals surface area contributed by atoms with E-state index in [2.05, 4.69) is 21.2 Å². The number of amides is 1. The second-order valence-corrected chi connectivity index (χ2v) is 5.81. The summed E-state index contributed by atoms with van der Waals surface area (Å²) in [4.78, 5) is 11.9. The zero-order chi connectivity index (χ0) is 15.2. The van der Waals surface area contributed by atoms with Crippen molar-refractivity contribution in [3.8, 4) is 5.75 Å². The zero-order valence-corrected chi connectivity index (χ0v) is 13.7. The monoisotopic (exact) mass is 347 g/mol. The number of para-hydroxylation sites is 1. The molecule has 2 rings (SSSR count). The minimum Gasteiger partial charge on any atom is -0.484 e. The van der Waals surface area contributed by atoms with Gasteiger partial charge in [0, 0.05) is 4.47 Å². The van der Waals surface area contributed by atoms with Crippen LogP contribution in [-0.4, -0.2) is 12.5 Å². The van der Waals surface area contributed by atoms with E-state index in [1.54, 1.807) is 0 Å². The van der Waals surface area contributed by atoms with Crippen LogP contribution in [0, 0.1) is 6.92 Å². The molecule has 110 valence electrons. The van der Waals surface area contributed by atoms with Crippen LogP contribution in [0.4, 0.5) is 0 Å². The molecule has 4 heteroatoms. The molecule has 0 aromatic heterocycles. The molecule has 1 N–H and O–H groups in total. The van der Waals surface area contributed by atoms with E-state index < -0.39 is 0 Å². The summed E-state index contributed by atoms with van der Waals surface area (Å²) in [5, 5.41) is 2.93. The SMILES string of the molecule is Cc1ccccc1OCC(=O)N[C@H](C)c1ccc(Br)cc1. The highest BCUT2D eigenvalue weighted by atomic mass is 79.9. The van der Waals surface area contributed by atoms with Crippen molar-refractivity contribution in [3.63, 3.8) is 0 Å². The molecular formula is C17H18BrNO2. The van der Waals surface area contributed by atoms with Gasteiger partial charge in [-0.3, -0.25) is 4.79 Å². The Labute approximate surface area is 133 Å².